The molecule has 5 nitrogen and oxygen atoms in total. The quantitative estimate of drug-likeness (QED) is 0.434. The molecule has 3 N–H and O–H groups in total. The van der Waals surface area contributed by atoms with Gasteiger partial charge in [0.1, 0.15) is 0 Å². The maximum Gasteiger partial charge on any atom is 0.262 e. The first kappa shape index (κ1) is 13.1. The van der Waals surface area contributed by atoms with Crippen molar-refractivity contribution in [3.8, 4) is 0 Å². The van der Waals surface area contributed by atoms with Crippen molar-refractivity contribution in [3.05, 3.63) is 11.1 Å². The average Bonchev–Trinajstić information content (AvgIpc) is 2.40. The zero-order valence-electron chi connectivity index (χ0n) is 9.09. The normalized spacial score (nSPS) is 16.8. The zero-order chi connectivity index (χ0) is 12.5. The van der Waals surface area contributed by atoms with Gasteiger partial charge < -0.3 is 5.73 Å². The zero-order valence-corrected chi connectivity index (χ0v) is 10.7. The van der Waals surface area contributed by atoms with Crippen LogP contribution in [-0.4, -0.2) is 28.5 Å². The highest BCUT2D eigenvalue weighted by atomic mass is 79.9. The van der Waals surface area contributed by atoms with Crippen molar-refractivity contribution in [3.63, 3.8) is 0 Å². The van der Waals surface area contributed by atoms with E-state index in [-0.39, 0.29) is 24.1 Å². The van der Waals surface area contributed by atoms with Gasteiger partial charge in [-0.25, -0.2) is 0 Å². The highest BCUT2D eigenvalue weighted by molar-refractivity contribution is 9.10. The molecule has 0 aliphatic carbocycles. The van der Waals surface area contributed by atoms with Crippen LogP contribution in [0.1, 0.15) is 20.3 Å². The molecule has 0 aromatic rings. The van der Waals surface area contributed by atoms with Crippen LogP contribution in [0.5, 0.6) is 0 Å². The lowest BCUT2D eigenvalue weighted by Crippen LogP contribution is -2.31. The second-order valence-corrected chi connectivity index (χ2v) is 5.96. The molecule has 1 aliphatic rings. The summed E-state index contributed by atoms with van der Waals surface area (Å²) in [6.45, 7) is 3.46. The van der Waals surface area contributed by atoms with E-state index in [0.717, 1.165) is 0 Å². The Kier molecular flexibility index (Phi) is 3.64. The van der Waals surface area contributed by atoms with Gasteiger partial charge in [-0.05, 0) is 26.8 Å². The maximum atomic E-state index is 11.9. The van der Waals surface area contributed by atoms with Gasteiger partial charge in [0.25, 0.3) is 11.8 Å². The summed E-state index contributed by atoms with van der Waals surface area (Å²) in [5.41, 5.74) is 5.45. The van der Waals surface area contributed by atoms with Gasteiger partial charge in [-0.2, -0.15) is 0 Å². The first-order chi connectivity index (χ1) is 7.29. The van der Waals surface area contributed by atoms with Crippen molar-refractivity contribution in [1.29, 1.82) is 0 Å². The largest absolute Gasteiger partial charge is 0.330 e. The molecule has 0 bridgehead atoms. The molecular formula is C10H13BrN2O3. The van der Waals surface area contributed by atoms with Crippen LogP contribution in [0.3, 0.4) is 0 Å². The van der Waals surface area contributed by atoms with Crippen molar-refractivity contribution < 1.29 is 14.4 Å². The highest BCUT2D eigenvalue weighted by Gasteiger charge is 2.39. The number of Topliss-reactive ketones (excluding diaryl/α,β-unsaturated/α-hetero) is 1. The Balaban J connectivity index is 3.20. The van der Waals surface area contributed by atoms with Gasteiger partial charge in [-0.3, -0.25) is 19.7 Å². The van der Waals surface area contributed by atoms with Crippen LogP contribution in [0.4, 0.5) is 0 Å². The number of amides is 2. The van der Waals surface area contributed by atoms with E-state index in [9.17, 15) is 14.4 Å². The predicted molar refractivity (Wildman–Crippen MR) is 61.9 cm³/mol. The number of imide groups is 1. The first-order valence-electron chi connectivity index (χ1n) is 4.81. The molecule has 1 rings (SSSR count). The highest BCUT2D eigenvalue weighted by Crippen LogP contribution is 2.26. The summed E-state index contributed by atoms with van der Waals surface area (Å²) in [7, 11) is 0. The molecule has 0 saturated heterocycles. The number of nitrogens with two attached hydrogens (primary N) is 1. The molecule has 88 valence electrons. The number of ketones is 1. The minimum atomic E-state index is -0.871. The van der Waals surface area contributed by atoms with Gasteiger partial charge in [-0.1, -0.05) is 15.9 Å². The minimum Gasteiger partial charge on any atom is -0.330 e. The summed E-state index contributed by atoms with van der Waals surface area (Å²) in [5, 5.41) is 2.11. The Bertz CT molecular complexity index is 393. The molecule has 0 atom stereocenters. The molecular weight excluding hydrogens is 276 g/mol. The van der Waals surface area contributed by atoms with Gasteiger partial charge >= 0.3 is 0 Å². The van der Waals surface area contributed by atoms with Crippen LogP contribution in [0, 0.1) is 0 Å². The summed E-state index contributed by atoms with van der Waals surface area (Å²) in [4.78, 5) is 34.8. The fraction of sp³-hybridized carbons (Fsp3) is 0.500. The summed E-state index contributed by atoms with van der Waals surface area (Å²) in [6, 6.07) is 0. The van der Waals surface area contributed by atoms with Gasteiger partial charge in [0, 0.05) is 5.57 Å². The van der Waals surface area contributed by atoms with Gasteiger partial charge in [0.2, 0.25) is 0 Å². The van der Waals surface area contributed by atoms with Crippen LogP contribution in [0.15, 0.2) is 11.1 Å². The van der Waals surface area contributed by atoms with Crippen molar-refractivity contribution in [2.75, 3.05) is 6.54 Å². The number of carbonyl (C=O) groups is 3. The smallest absolute Gasteiger partial charge is 0.262 e. The van der Waals surface area contributed by atoms with E-state index in [0.29, 0.717) is 0 Å². The molecule has 0 unspecified atom stereocenters. The number of hydrogen-bond acceptors (Lipinski definition) is 4. The van der Waals surface area contributed by atoms with Gasteiger partial charge in [-0.15, -0.1) is 0 Å². The van der Waals surface area contributed by atoms with E-state index >= 15 is 0 Å². The van der Waals surface area contributed by atoms with E-state index in [2.05, 4.69) is 21.2 Å². The van der Waals surface area contributed by atoms with Crippen molar-refractivity contribution >= 4 is 33.5 Å². The second kappa shape index (κ2) is 4.47. The third kappa shape index (κ3) is 2.38. The number of carbonyl (C=O) groups excluding carboxylic acids is 3. The van der Waals surface area contributed by atoms with E-state index in [1.165, 1.54) is 0 Å². The van der Waals surface area contributed by atoms with Crippen LogP contribution < -0.4 is 11.1 Å². The molecule has 2 amide bonds. The fourth-order valence-corrected chi connectivity index (χ4v) is 1.61. The Morgan fingerprint density at radius 1 is 1.38 bits per heavy atom. The molecule has 0 saturated carbocycles. The van der Waals surface area contributed by atoms with E-state index in [1.54, 1.807) is 13.8 Å². The molecule has 0 aromatic carbocycles. The number of nitrogens with one attached hydrogen (secondary N) is 1. The SMILES string of the molecule is CC(C)(Br)C(=O)C1=C(CCN)C(=O)NC1=O. The molecule has 0 radical (unpaired) electrons. The lowest BCUT2D eigenvalue weighted by molar-refractivity contribution is -0.125. The summed E-state index contributed by atoms with van der Waals surface area (Å²) in [5.74, 6) is -1.55. The van der Waals surface area contributed by atoms with E-state index in [1.807, 2.05) is 0 Å². The van der Waals surface area contributed by atoms with Crippen LogP contribution >= 0.6 is 15.9 Å². The molecule has 16 heavy (non-hydrogen) atoms. The van der Waals surface area contributed by atoms with Crippen LogP contribution in [0.2, 0.25) is 0 Å². The van der Waals surface area contributed by atoms with Gasteiger partial charge in [0.05, 0.1) is 9.90 Å². The summed E-state index contributed by atoms with van der Waals surface area (Å²) >= 11 is 3.17. The minimum absolute atomic E-state index is 0.0719. The number of halogens is 1. The summed E-state index contributed by atoms with van der Waals surface area (Å²) in [6.07, 6.45) is 0.224. The second-order valence-electron chi connectivity index (χ2n) is 3.98. The number of rotatable bonds is 4. The predicted octanol–water partition coefficient (Wildman–Crippen LogP) is 0.0308. The molecule has 0 fully saturated rings. The average molecular weight is 289 g/mol. The lowest BCUT2D eigenvalue weighted by atomic mass is 9.96. The third-order valence-corrected chi connectivity index (χ3v) is 2.55. The summed E-state index contributed by atoms with van der Waals surface area (Å²) < 4.78 is -0.871. The number of alkyl halides is 1. The fourth-order valence-electron chi connectivity index (χ4n) is 1.41. The Morgan fingerprint density at radius 3 is 2.38 bits per heavy atom. The van der Waals surface area contributed by atoms with Gasteiger partial charge in [0.15, 0.2) is 5.78 Å². The van der Waals surface area contributed by atoms with Crippen LogP contribution in [-0.2, 0) is 14.4 Å². The van der Waals surface area contributed by atoms with Crippen molar-refractivity contribution in [2.45, 2.75) is 24.6 Å². The lowest BCUT2D eigenvalue weighted by Gasteiger charge is -2.14. The third-order valence-electron chi connectivity index (χ3n) is 2.19. The molecule has 0 aromatic heterocycles. The Labute approximate surface area is 102 Å². The monoisotopic (exact) mass is 288 g/mol. The topological polar surface area (TPSA) is 89.3 Å². The Morgan fingerprint density at radius 2 is 1.94 bits per heavy atom. The van der Waals surface area contributed by atoms with Crippen LogP contribution in [0.25, 0.3) is 0 Å². The molecule has 1 heterocycles. The standard InChI is InChI=1S/C10H13BrN2O3/c1-10(2,11)7(14)6-5(3-4-12)8(15)13-9(6)16/h3-4,12H2,1-2H3,(H,13,15,16). The maximum absolute atomic E-state index is 11.9. The van der Waals surface area contributed by atoms with Crippen molar-refractivity contribution in [2.24, 2.45) is 5.73 Å². The Hall–Kier alpha value is -1.01. The number of hydrogen-bond donors (Lipinski definition) is 2. The molecule has 0 spiro atoms. The van der Waals surface area contributed by atoms with Crippen molar-refractivity contribution in [1.82, 2.24) is 5.32 Å². The molecule has 6 heteroatoms. The molecule has 1 aliphatic heterocycles. The van der Waals surface area contributed by atoms with E-state index in [4.69, 9.17) is 5.73 Å². The first-order valence-corrected chi connectivity index (χ1v) is 5.61. The van der Waals surface area contributed by atoms with E-state index < -0.39 is 21.9 Å².